The third-order valence-electron chi connectivity index (χ3n) is 2.99. The summed E-state index contributed by atoms with van der Waals surface area (Å²) in [5, 5.41) is -0.225. The van der Waals surface area contributed by atoms with Crippen molar-refractivity contribution in [3.63, 3.8) is 0 Å². The Morgan fingerprint density at radius 1 is 1.00 bits per heavy atom. The highest BCUT2D eigenvalue weighted by Gasteiger charge is 2.16. The largest absolute Gasteiger partial charge is 0.293 e. The molecule has 0 aliphatic rings. The summed E-state index contributed by atoms with van der Waals surface area (Å²) in [5.74, 6) is 0.0628. The molecule has 0 aliphatic carbocycles. The summed E-state index contributed by atoms with van der Waals surface area (Å²) in [6.45, 7) is 1.85. The molecular weight excluding hydrogens is 304 g/mol. The molecule has 0 N–H and O–H groups in total. The van der Waals surface area contributed by atoms with Crippen molar-refractivity contribution in [3.05, 3.63) is 60.2 Å². The van der Waals surface area contributed by atoms with Crippen LogP contribution in [0.1, 0.15) is 17.3 Å². The zero-order chi connectivity index (χ0) is 15.5. The average molecular weight is 320 g/mol. The Bertz CT molecular complexity index is 720. The Morgan fingerprint density at radius 2 is 1.57 bits per heavy atom. The lowest BCUT2D eigenvalue weighted by atomic mass is 10.1. The van der Waals surface area contributed by atoms with Crippen molar-refractivity contribution in [2.24, 2.45) is 0 Å². The first-order chi connectivity index (χ1) is 9.88. The van der Waals surface area contributed by atoms with E-state index in [1.807, 2.05) is 25.1 Å². The fourth-order valence-corrected chi connectivity index (χ4v) is 3.44. The highest BCUT2D eigenvalue weighted by Crippen LogP contribution is 2.26. The highest BCUT2D eigenvalue weighted by atomic mass is 32.2. The Labute approximate surface area is 129 Å². The zero-order valence-corrected chi connectivity index (χ0v) is 13.4. The molecule has 2 aromatic carbocycles. The van der Waals surface area contributed by atoms with Gasteiger partial charge in [0.2, 0.25) is 0 Å². The van der Waals surface area contributed by atoms with Crippen molar-refractivity contribution in [2.45, 2.75) is 22.0 Å². The van der Waals surface area contributed by atoms with E-state index < -0.39 is 9.84 Å². The van der Waals surface area contributed by atoms with Crippen LogP contribution in [0.25, 0.3) is 0 Å². The van der Waals surface area contributed by atoms with E-state index in [9.17, 15) is 13.2 Å². The molecule has 0 amide bonds. The predicted molar refractivity (Wildman–Crippen MR) is 85.6 cm³/mol. The van der Waals surface area contributed by atoms with E-state index in [0.29, 0.717) is 5.56 Å². The molecule has 1 unspecified atom stereocenters. The Hall–Kier alpha value is -1.59. The van der Waals surface area contributed by atoms with Crippen molar-refractivity contribution >= 4 is 27.4 Å². The molecule has 2 aromatic rings. The summed E-state index contributed by atoms with van der Waals surface area (Å²) >= 11 is 1.42. The van der Waals surface area contributed by atoms with Gasteiger partial charge in [-0.3, -0.25) is 4.79 Å². The van der Waals surface area contributed by atoms with Gasteiger partial charge in [0.1, 0.15) is 0 Å². The van der Waals surface area contributed by atoms with Gasteiger partial charge in [-0.05, 0) is 31.2 Å². The molecule has 0 spiro atoms. The van der Waals surface area contributed by atoms with Crippen LogP contribution in [0.4, 0.5) is 0 Å². The number of carbonyl (C=O) groups excluding carboxylic acids is 1. The maximum atomic E-state index is 12.3. The number of hydrogen-bond acceptors (Lipinski definition) is 4. The topological polar surface area (TPSA) is 51.2 Å². The van der Waals surface area contributed by atoms with Crippen LogP contribution in [0.3, 0.4) is 0 Å². The van der Waals surface area contributed by atoms with Crippen LogP contribution in [0, 0.1) is 0 Å². The van der Waals surface area contributed by atoms with Gasteiger partial charge in [0.05, 0.1) is 10.1 Å². The summed E-state index contributed by atoms with van der Waals surface area (Å²) in [6.07, 6.45) is 1.18. The first-order valence-corrected chi connectivity index (χ1v) is 9.21. The van der Waals surface area contributed by atoms with Crippen LogP contribution in [0.5, 0.6) is 0 Å². The molecule has 0 aliphatic heterocycles. The number of thioether (sulfide) groups is 1. The Balaban J connectivity index is 2.10. The lowest BCUT2D eigenvalue weighted by Crippen LogP contribution is -2.13. The van der Waals surface area contributed by atoms with Crippen LogP contribution in [0.2, 0.25) is 0 Å². The number of hydrogen-bond donors (Lipinski definition) is 0. The molecule has 0 aromatic heterocycles. The number of Topliss-reactive ketones (excluding diaryl/α,β-unsaturated/α-hetero) is 1. The van der Waals surface area contributed by atoms with Crippen molar-refractivity contribution in [1.29, 1.82) is 0 Å². The number of benzene rings is 2. The van der Waals surface area contributed by atoms with Crippen molar-refractivity contribution < 1.29 is 13.2 Å². The lowest BCUT2D eigenvalue weighted by Gasteiger charge is -2.10. The van der Waals surface area contributed by atoms with Crippen LogP contribution in [-0.4, -0.2) is 25.7 Å². The molecule has 0 heterocycles. The van der Waals surface area contributed by atoms with Crippen molar-refractivity contribution in [2.75, 3.05) is 6.26 Å². The molecule has 5 heteroatoms. The lowest BCUT2D eigenvalue weighted by molar-refractivity contribution is 0.0994. The SMILES string of the molecule is CC(Sc1ccc(S(C)(=O)=O)cc1)C(=O)c1ccccc1. The van der Waals surface area contributed by atoms with Gasteiger partial charge < -0.3 is 0 Å². The minimum absolute atomic E-state index is 0.0628. The summed E-state index contributed by atoms with van der Waals surface area (Å²) < 4.78 is 22.8. The van der Waals surface area contributed by atoms with E-state index in [0.717, 1.165) is 4.90 Å². The Kier molecular flexibility index (Phi) is 4.85. The van der Waals surface area contributed by atoms with E-state index in [1.54, 1.807) is 36.4 Å². The van der Waals surface area contributed by atoms with Gasteiger partial charge in [-0.1, -0.05) is 30.3 Å². The first kappa shape index (κ1) is 15.8. The monoisotopic (exact) mass is 320 g/mol. The maximum Gasteiger partial charge on any atom is 0.175 e. The molecule has 21 heavy (non-hydrogen) atoms. The van der Waals surface area contributed by atoms with Gasteiger partial charge in [-0.25, -0.2) is 8.42 Å². The third kappa shape index (κ3) is 4.19. The normalized spacial score (nSPS) is 12.9. The number of ketones is 1. The Morgan fingerprint density at radius 3 is 2.10 bits per heavy atom. The summed E-state index contributed by atoms with van der Waals surface area (Å²) in [6, 6.07) is 15.7. The van der Waals surface area contributed by atoms with Crippen molar-refractivity contribution in [3.8, 4) is 0 Å². The molecule has 0 saturated heterocycles. The van der Waals surface area contributed by atoms with Gasteiger partial charge in [-0.2, -0.15) is 0 Å². The van der Waals surface area contributed by atoms with Crippen LogP contribution in [0.15, 0.2) is 64.4 Å². The second-order valence-electron chi connectivity index (χ2n) is 4.73. The molecule has 1 atom stereocenters. The highest BCUT2D eigenvalue weighted by molar-refractivity contribution is 8.00. The number of sulfone groups is 1. The summed E-state index contributed by atoms with van der Waals surface area (Å²) in [5.41, 5.74) is 0.685. The fraction of sp³-hybridized carbons (Fsp3) is 0.188. The molecule has 0 saturated carbocycles. The predicted octanol–water partition coefficient (Wildman–Crippen LogP) is 3.45. The van der Waals surface area contributed by atoms with Gasteiger partial charge in [0.15, 0.2) is 15.6 Å². The van der Waals surface area contributed by atoms with Gasteiger partial charge in [0.25, 0.3) is 0 Å². The number of carbonyl (C=O) groups is 1. The van der Waals surface area contributed by atoms with E-state index >= 15 is 0 Å². The molecule has 110 valence electrons. The molecule has 0 fully saturated rings. The molecule has 3 nitrogen and oxygen atoms in total. The second-order valence-corrected chi connectivity index (χ2v) is 8.16. The smallest absolute Gasteiger partial charge is 0.175 e. The van der Waals surface area contributed by atoms with Gasteiger partial charge in [0, 0.05) is 16.7 Å². The fourth-order valence-electron chi connectivity index (χ4n) is 1.86. The van der Waals surface area contributed by atoms with E-state index in [-0.39, 0.29) is 15.9 Å². The zero-order valence-electron chi connectivity index (χ0n) is 11.8. The molecule has 2 rings (SSSR count). The molecular formula is C16H16O3S2. The minimum atomic E-state index is -3.18. The van der Waals surface area contributed by atoms with E-state index in [4.69, 9.17) is 0 Å². The quantitative estimate of drug-likeness (QED) is 0.625. The van der Waals surface area contributed by atoms with Crippen molar-refractivity contribution in [1.82, 2.24) is 0 Å². The second kappa shape index (κ2) is 6.45. The number of rotatable bonds is 5. The summed E-state index contributed by atoms with van der Waals surface area (Å²) in [4.78, 5) is 13.4. The molecule has 0 radical (unpaired) electrons. The minimum Gasteiger partial charge on any atom is -0.293 e. The first-order valence-electron chi connectivity index (χ1n) is 6.44. The molecule has 0 bridgehead atoms. The van der Waals surface area contributed by atoms with Gasteiger partial charge >= 0.3 is 0 Å². The van der Waals surface area contributed by atoms with Crippen LogP contribution in [-0.2, 0) is 9.84 Å². The summed E-state index contributed by atoms with van der Waals surface area (Å²) in [7, 11) is -3.18. The third-order valence-corrected chi connectivity index (χ3v) is 5.23. The van der Waals surface area contributed by atoms with Crippen LogP contribution >= 0.6 is 11.8 Å². The van der Waals surface area contributed by atoms with E-state index in [1.165, 1.54) is 18.0 Å². The van der Waals surface area contributed by atoms with Gasteiger partial charge in [-0.15, -0.1) is 11.8 Å². The average Bonchev–Trinajstić information content (AvgIpc) is 2.47. The standard InChI is InChI=1S/C16H16O3S2/c1-12(16(17)13-6-4-3-5-7-13)20-14-8-10-15(11-9-14)21(2,18)19/h3-12H,1-2H3. The van der Waals surface area contributed by atoms with E-state index in [2.05, 4.69) is 0 Å². The van der Waals surface area contributed by atoms with Crippen LogP contribution < -0.4 is 0 Å². The maximum absolute atomic E-state index is 12.3.